The Balaban J connectivity index is 1.78. The van der Waals surface area contributed by atoms with Crippen LogP contribution in [0.15, 0.2) is 35.5 Å². The summed E-state index contributed by atoms with van der Waals surface area (Å²) in [5.74, 6) is 1.27. The number of hydrogen-bond acceptors (Lipinski definition) is 5. The van der Waals surface area contributed by atoms with Crippen molar-refractivity contribution in [3.05, 3.63) is 52.8 Å². The van der Waals surface area contributed by atoms with Gasteiger partial charge in [0.1, 0.15) is 0 Å². The van der Waals surface area contributed by atoms with E-state index in [1.807, 2.05) is 32.0 Å². The second-order valence-corrected chi connectivity index (χ2v) is 8.53. The highest BCUT2D eigenvalue weighted by Crippen LogP contribution is 2.27. The van der Waals surface area contributed by atoms with Crippen molar-refractivity contribution in [1.29, 1.82) is 0 Å². The van der Waals surface area contributed by atoms with Gasteiger partial charge in [0.05, 0.1) is 18.4 Å². The molecule has 0 saturated carbocycles. The van der Waals surface area contributed by atoms with Crippen LogP contribution in [0, 0.1) is 20.8 Å². The number of thioether (sulfide) groups is 1. The van der Waals surface area contributed by atoms with Gasteiger partial charge in [0, 0.05) is 36.2 Å². The lowest BCUT2D eigenvalue weighted by atomic mass is 10.1. The number of carbonyl (C=O) groups excluding carboxylic acids is 1. The first-order valence-electron chi connectivity index (χ1n) is 10.2. The minimum Gasteiger partial charge on any atom is -0.383 e. The summed E-state index contributed by atoms with van der Waals surface area (Å²) >= 11 is 1.44. The standard InChI is InChI=1S/C23H30N4O2S/c1-7-26-22(19-10-8-9-15(2)11-19)24-25-23(26)30-14-21(28)20-12-16(3)27(18(20)5)17(4)13-29-6/h8-12,17H,7,13-14H2,1-6H3. The summed E-state index contributed by atoms with van der Waals surface area (Å²) in [6.07, 6.45) is 0. The Bertz CT molecular complexity index is 1040. The minimum absolute atomic E-state index is 0.103. The van der Waals surface area contributed by atoms with E-state index in [-0.39, 0.29) is 11.8 Å². The average Bonchev–Trinajstić information content (AvgIpc) is 3.26. The van der Waals surface area contributed by atoms with Crippen LogP contribution in [0.5, 0.6) is 0 Å². The largest absolute Gasteiger partial charge is 0.383 e. The van der Waals surface area contributed by atoms with Gasteiger partial charge in [-0.3, -0.25) is 4.79 Å². The van der Waals surface area contributed by atoms with Gasteiger partial charge in [0.2, 0.25) is 0 Å². The number of ether oxygens (including phenoxy) is 1. The van der Waals surface area contributed by atoms with Crippen molar-refractivity contribution in [2.45, 2.75) is 52.4 Å². The van der Waals surface area contributed by atoms with Crippen molar-refractivity contribution in [2.75, 3.05) is 19.5 Å². The maximum atomic E-state index is 13.0. The van der Waals surface area contributed by atoms with Crippen LogP contribution in [-0.2, 0) is 11.3 Å². The number of benzene rings is 1. The normalized spacial score (nSPS) is 12.3. The van der Waals surface area contributed by atoms with E-state index in [0.29, 0.717) is 12.4 Å². The lowest BCUT2D eigenvalue weighted by Crippen LogP contribution is -2.14. The molecular formula is C23H30N4O2S. The van der Waals surface area contributed by atoms with Crippen LogP contribution in [-0.4, -0.2) is 44.6 Å². The van der Waals surface area contributed by atoms with Gasteiger partial charge >= 0.3 is 0 Å². The lowest BCUT2D eigenvalue weighted by molar-refractivity contribution is 0.102. The Labute approximate surface area is 182 Å². The molecule has 3 aromatic rings. The number of carbonyl (C=O) groups is 1. The van der Waals surface area contributed by atoms with Crippen LogP contribution in [0.25, 0.3) is 11.4 Å². The summed E-state index contributed by atoms with van der Waals surface area (Å²) in [6, 6.07) is 10.4. The van der Waals surface area contributed by atoms with Gasteiger partial charge in [0.15, 0.2) is 16.8 Å². The quantitative estimate of drug-likeness (QED) is 0.361. The zero-order valence-electron chi connectivity index (χ0n) is 18.6. The van der Waals surface area contributed by atoms with Crippen LogP contribution >= 0.6 is 11.8 Å². The van der Waals surface area contributed by atoms with Gasteiger partial charge in [-0.1, -0.05) is 35.5 Å². The van der Waals surface area contributed by atoms with E-state index in [0.717, 1.165) is 40.0 Å². The van der Waals surface area contributed by atoms with Crippen LogP contribution in [0.3, 0.4) is 0 Å². The third-order valence-electron chi connectivity index (χ3n) is 5.28. The molecule has 6 nitrogen and oxygen atoms in total. The molecular weight excluding hydrogens is 396 g/mol. The molecule has 1 atom stereocenters. The van der Waals surface area contributed by atoms with E-state index in [9.17, 15) is 4.79 Å². The summed E-state index contributed by atoms with van der Waals surface area (Å²) in [5, 5.41) is 9.52. The zero-order chi connectivity index (χ0) is 21.8. The molecule has 2 aromatic heterocycles. The number of rotatable bonds is 9. The predicted octanol–water partition coefficient (Wildman–Crippen LogP) is 4.87. The molecule has 30 heavy (non-hydrogen) atoms. The van der Waals surface area contributed by atoms with Crippen LogP contribution < -0.4 is 0 Å². The Morgan fingerprint density at radius 2 is 1.97 bits per heavy atom. The van der Waals surface area contributed by atoms with E-state index in [1.54, 1.807) is 7.11 Å². The summed E-state index contributed by atoms with van der Waals surface area (Å²) in [6.45, 7) is 11.6. The predicted molar refractivity (Wildman–Crippen MR) is 121 cm³/mol. The van der Waals surface area contributed by atoms with Crippen molar-refractivity contribution >= 4 is 17.5 Å². The summed E-state index contributed by atoms with van der Waals surface area (Å²) in [5.41, 5.74) is 5.05. The van der Waals surface area contributed by atoms with Crippen LogP contribution in [0.2, 0.25) is 0 Å². The Morgan fingerprint density at radius 3 is 2.63 bits per heavy atom. The molecule has 2 heterocycles. The molecule has 7 heteroatoms. The Hall–Kier alpha value is -2.38. The molecule has 3 rings (SSSR count). The average molecular weight is 427 g/mol. The number of nitrogens with zero attached hydrogens (tertiary/aromatic N) is 4. The van der Waals surface area contributed by atoms with Crippen molar-refractivity contribution in [3.8, 4) is 11.4 Å². The van der Waals surface area contributed by atoms with Crippen molar-refractivity contribution in [3.63, 3.8) is 0 Å². The number of Topliss-reactive ketones (excluding diaryl/α,β-unsaturated/α-hetero) is 1. The van der Waals surface area contributed by atoms with Crippen molar-refractivity contribution in [1.82, 2.24) is 19.3 Å². The molecule has 1 unspecified atom stereocenters. The fourth-order valence-corrected chi connectivity index (χ4v) is 4.83. The van der Waals surface area contributed by atoms with E-state index >= 15 is 0 Å². The molecule has 0 N–H and O–H groups in total. The molecule has 0 aliphatic rings. The number of methoxy groups -OCH3 is 1. The highest BCUT2D eigenvalue weighted by molar-refractivity contribution is 7.99. The molecule has 0 spiro atoms. The minimum atomic E-state index is 0.103. The van der Waals surface area contributed by atoms with E-state index < -0.39 is 0 Å². The molecule has 0 amide bonds. The molecule has 0 saturated heterocycles. The first-order valence-corrected chi connectivity index (χ1v) is 11.2. The van der Waals surface area contributed by atoms with Gasteiger partial charge in [-0.2, -0.15) is 0 Å². The van der Waals surface area contributed by atoms with Gasteiger partial charge in [0.25, 0.3) is 0 Å². The summed E-state index contributed by atoms with van der Waals surface area (Å²) in [4.78, 5) is 13.0. The Kier molecular flexibility index (Phi) is 7.15. The maximum absolute atomic E-state index is 13.0. The van der Waals surface area contributed by atoms with Crippen LogP contribution in [0.1, 0.15) is 47.2 Å². The van der Waals surface area contributed by atoms with Gasteiger partial charge < -0.3 is 13.9 Å². The molecule has 0 aliphatic heterocycles. The third kappa shape index (κ3) is 4.52. The third-order valence-corrected chi connectivity index (χ3v) is 6.24. The van der Waals surface area contributed by atoms with Gasteiger partial charge in [-0.05, 0) is 46.8 Å². The smallest absolute Gasteiger partial charge is 0.191 e. The van der Waals surface area contributed by atoms with Crippen LogP contribution in [0.4, 0.5) is 0 Å². The van der Waals surface area contributed by atoms with Crippen molar-refractivity contribution < 1.29 is 9.53 Å². The lowest BCUT2D eigenvalue weighted by Gasteiger charge is -2.17. The molecule has 1 aromatic carbocycles. The number of aryl methyl sites for hydroxylation is 2. The second kappa shape index (κ2) is 9.62. The Morgan fingerprint density at radius 1 is 1.20 bits per heavy atom. The molecule has 0 aliphatic carbocycles. The highest BCUT2D eigenvalue weighted by Gasteiger charge is 2.20. The van der Waals surface area contributed by atoms with E-state index in [1.165, 1.54) is 17.3 Å². The van der Waals surface area contributed by atoms with E-state index in [2.05, 4.69) is 52.2 Å². The summed E-state index contributed by atoms with van der Waals surface area (Å²) in [7, 11) is 1.70. The SMILES string of the molecule is CCn1c(SCC(=O)c2cc(C)n(C(C)COC)c2C)nnc1-c1cccc(C)c1. The second-order valence-electron chi connectivity index (χ2n) is 7.59. The summed E-state index contributed by atoms with van der Waals surface area (Å²) < 4.78 is 9.53. The highest BCUT2D eigenvalue weighted by atomic mass is 32.2. The first-order chi connectivity index (χ1) is 14.4. The molecule has 160 valence electrons. The number of hydrogen-bond donors (Lipinski definition) is 0. The maximum Gasteiger partial charge on any atom is 0.191 e. The number of aromatic nitrogens is 4. The molecule has 0 bridgehead atoms. The fourth-order valence-electron chi connectivity index (χ4n) is 3.94. The van der Waals surface area contributed by atoms with Gasteiger partial charge in [-0.15, -0.1) is 10.2 Å². The first kappa shape index (κ1) is 22.3. The van der Waals surface area contributed by atoms with Crippen molar-refractivity contribution in [2.24, 2.45) is 0 Å². The van der Waals surface area contributed by atoms with Gasteiger partial charge in [-0.25, -0.2) is 0 Å². The monoisotopic (exact) mass is 426 g/mol. The van der Waals surface area contributed by atoms with E-state index in [4.69, 9.17) is 4.74 Å². The fraction of sp³-hybridized carbons (Fsp3) is 0.435. The molecule has 0 fully saturated rings. The zero-order valence-corrected chi connectivity index (χ0v) is 19.4. The topological polar surface area (TPSA) is 61.9 Å². The number of ketones is 1. The molecule has 0 radical (unpaired) electrons.